The van der Waals surface area contributed by atoms with Gasteiger partial charge in [-0.1, -0.05) is 0 Å². The molecule has 0 heterocycles. The number of hydrogen-bond donors (Lipinski definition) is 0. The molecule has 0 spiro atoms. The molecule has 0 atom stereocenters. The molecule has 0 N–H and O–H groups in total. The van der Waals surface area contributed by atoms with E-state index in [0.717, 1.165) is 0 Å². The van der Waals surface area contributed by atoms with Gasteiger partial charge in [0.1, 0.15) is 0 Å². The van der Waals surface area contributed by atoms with Crippen LogP contribution < -0.4 is 0 Å². The minimum atomic E-state index is 0. The number of ether oxygens (including phenoxy) is 2. The van der Waals surface area contributed by atoms with Crippen molar-refractivity contribution in [2.45, 2.75) is 0 Å². The van der Waals surface area contributed by atoms with E-state index in [4.69, 9.17) is 0 Å². The van der Waals surface area contributed by atoms with Gasteiger partial charge in [0.15, 0.2) is 0 Å². The second-order valence-corrected chi connectivity index (χ2v) is 0.986. The van der Waals surface area contributed by atoms with Crippen molar-refractivity contribution in [1.29, 1.82) is 0 Å². The Bertz CT molecular complexity index is 21.7. The molecule has 0 saturated heterocycles. The van der Waals surface area contributed by atoms with Gasteiger partial charge in [-0.2, -0.15) is 0 Å². The van der Waals surface area contributed by atoms with E-state index >= 15 is 0 Å². The molecule has 0 saturated carbocycles. The number of methoxy groups -OCH3 is 2. The predicted molar refractivity (Wildman–Crippen MR) is 23.8 cm³/mol. The Labute approximate surface area is 59.1 Å². The molecule has 0 aromatic heterocycles. The Morgan fingerprint density at radius 1 is 1.00 bits per heavy atom. The van der Waals surface area contributed by atoms with Crippen LogP contribution in [0.2, 0.25) is 0 Å². The minimum Gasteiger partial charge on any atom is -0.382 e. The third-order valence-corrected chi connectivity index (χ3v) is 0.492. The van der Waals surface area contributed by atoms with Crippen molar-refractivity contribution in [1.82, 2.24) is 0 Å². The zero-order valence-electron chi connectivity index (χ0n) is 4.73. The van der Waals surface area contributed by atoms with Crippen molar-refractivity contribution in [3.63, 3.8) is 0 Å². The molecule has 0 rings (SSSR count). The second-order valence-electron chi connectivity index (χ2n) is 0.986. The summed E-state index contributed by atoms with van der Waals surface area (Å²) < 4.78 is 9.31. The second kappa shape index (κ2) is 9.81. The van der Waals surface area contributed by atoms with E-state index in [1.54, 1.807) is 14.2 Å². The summed E-state index contributed by atoms with van der Waals surface area (Å²) in [6.45, 7) is 1.38. The molecule has 0 aromatic carbocycles. The zero-order chi connectivity index (χ0) is 4.83. The molecule has 0 aliphatic heterocycles. The van der Waals surface area contributed by atoms with Crippen molar-refractivity contribution < 1.29 is 31.2 Å². The summed E-state index contributed by atoms with van der Waals surface area (Å²) in [5.74, 6) is 0. The molecule has 0 bridgehead atoms. The van der Waals surface area contributed by atoms with Crippen molar-refractivity contribution in [2.75, 3.05) is 27.4 Å². The van der Waals surface area contributed by atoms with Crippen LogP contribution in [0, 0.1) is 0 Å². The average molecular weight is 138 g/mol. The van der Waals surface area contributed by atoms with Crippen LogP contribution in [0.3, 0.4) is 0 Å². The van der Waals surface area contributed by atoms with Crippen LogP contribution in [0.4, 0.5) is 0 Å². The van der Waals surface area contributed by atoms with Gasteiger partial charge in [0, 0.05) is 35.9 Å². The fourth-order valence-corrected chi connectivity index (χ4v) is 0.167. The first kappa shape index (κ1) is 10.6. The van der Waals surface area contributed by atoms with Crippen LogP contribution in [-0.4, -0.2) is 27.4 Å². The SMILES string of the molecule is COCCOC.[Ti]. The predicted octanol–water partition coefficient (Wildman–Crippen LogP) is 0.277. The van der Waals surface area contributed by atoms with Crippen LogP contribution in [0.25, 0.3) is 0 Å². The molecule has 0 unspecified atom stereocenters. The summed E-state index contributed by atoms with van der Waals surface area (Å²) in [4.78, 5) is 0. The molecule has 42 valence electrons. The Kier molecular flexibility index (Phi) is 14.8. The average Bonchev–Trinajstić information content (AvgIpc) is 1.61. The summed E-state index contributed by atoms with van der Waals surface area (Å²) in [6.07, 6.45) is 0. The molecule has 2 nitrogen and oxygen atoms in total. The van der Waals surface area contributed by atoms with E-state index in [0.29, 0.717) is 13.2 Å². The van der Waals surface area contributed by atoms with Gasteiger partial charge >= 0.3 is 0 Å². The summed E-state index contributed by atoms with van der Waals surface area (Å²) in [6, 6.07) is 0. The van der Waals surface area contributed by atoms with Gasteiger partial charge in [-0.15, -0.1) is 0 Å². The molecular formula is C4H10O2Ti. The largest absolute Gasteiger partial charge is 0.382 e. The van der Waals surface area contributed by atoms with Crippen molar-refractivity contribution in [3.05, 3.63) is 0 Å². The van der Waals surface area contributed by atoms with E-state index < -0.39 is 0 Å². The fourth-order valence-electron chi connectivity index (χ4n) is 0.167. The quantitative estimate of drug-likeness (QED) is 0.411. The van der Waals surface area contributed by atoms with Crippen LogP contribution in [0.15, 0.2) is 0 Å². The molecule has 0 amide bonds. The van der Waals surface area contributed by atoms with Crippen LogP contribution in [-0.2, 0) is 31.2 Å². The molecular weight excluding hydrogens is 128 g/mol. The third kappa shape index (κ3) is 10.8. The molecule has 3 heteroatoms. The van der Waals surface area contributed by atoms with Crippen molar-refractivity contribution >= 4 is 0 Å². The maximum Gasteiger partial charge on any atom is 0.0696 e. The first-order chi connectivity index (χ1) is 2.91. The van der Waals surface area contributed by atoms with Gasteiger partial charge < -0.3 is 9.47 Å². The van der Waals surface area contributed by atoms with Gasteiger partial charge in [-0.25, -0.2) is 0 Å². The maximum atomic E-state index is 4.66. The summed E-state index contributed by atoms with van der Waals surface area (Å²) >= 11 is 0. The normalized spacial score (nSPS) is 7.71. The topological polar surface area (TPSA) is 18.5 Å². The standard InChI is InChI=1S/C4H10O2.Ti/c1-5-3-4-6-2;/h3-4H2,1-2H3;. The van der Waals surface area contributed by atoms with Gasteiger partial charge in [-0.3, -0.25) is 0 Å². The Balaban J connectivity index is 0. The molecule has 0 radical (unpaired) electrons. The summed E-state index contributed by atoms with van der Waals surface area (Å²) in [5, 5.41) is 0. The van der Waals surface area contributed by atoms with E-state index in [2.05, 4.69) is 9.47 Å². The minimum absolute atomic E-state index is 0. The Hall–Kier alpha value is 0.634. The molecule has 0 fully saturated rings. The van der Waals surface area contributed by atoms with Gasteiger partial charge in [0.2, 0.25) is 0 Å². The van der Waals surface area contributed by atoms with Crippen LogP contribution in [0.5, 0.6) is 0 Å². The monoisotopic (exact) mass is 138 g/mol. The van der Waals surface area contributed by atoms with E-state index in [-0.39, 0.29) is 21.7 Å². The maximum absolute atomic E-state index is 4.66. The van der Waals surface area contributed by atoms with Crippen LogP contribution >= 0.6 is 0 Å². The number of hydrogen-bond acceptors (Lipinski definition) is 2. The van der Waals surface area contributed by atoms with Gasteiger partial charge in [0.05, 0.1) is 13.2 Å². The Morgan fingerprint density at radius 3 is 1.43 bits per heavy atom. The molecule has 7 heavy (non-hydrogen) atoms. The van der Waals surface area contributed by atoms with E-state index in [1.165, 1.54) is 0 Å². The summed E-state index contributed by atoms with van der Waals surface area (Å²) in [7, 11) is 3.30. The number of rotatable bonds is 3. The first-order valence-electron chi connectivity index (χ1n) is 1.89. The van der Waals surface area contributed by atoms with Gasteiger partial charge in [-0.05, 0) is 0 Å². The fraction of sp³-hybridized carbons (Fsp3) is 1.00. The third-order valence-electron chi connectivity index (χ3n) is 0.492. The molecule has 0 aliphatic carbocycles. The van der Waals surface area contributed by atoms with Crippen molar-refractivity contribution in [3.8, 4) is 0 Å². The van der Waals surface area contributed by atoms with Gasteiger partial charge in [0.25, 0.3) is 0 Å². The molecule has 0 aromatic rings. The smallest absolute Gasteiger partial charge is 0.0696 e. The van der Waals surface area contributed by atoms with Crippen LogP contribution in [0.1, 0.15) is 0 Å². The van der Waals surface area contributed by atoms with E-state index in [9.17, 15) is 0 Å². The first-order valence-corrected chi connectivity index (χ1v) is 1.89. The zero-order valence-corrected chi connectivity index (χ0v) is 6.29. The van der Waals surface area contributed by atoms with Crippen molar-refractivity contribution in [2.24, 2.45) is 0 Å². The Morgan fingerprint density at radius 2 is 1.29 bits per heavy atom. The van der Waals surface area contributed by atoms with E-state index in [1.807, 2.05) is 0 Å². The summed E-state index contributed by atoms with van der Waals surface area (Å²) in [5.41, 5.74) is 0. The molecule has 0 aliphatic rings.